The quantitative estimate of drug-likeness (QED) is 0.324. The third-order valence-electron chi connectivity index (χ3n) is 6.37. The lowest BCUT2D eigenvalue weighted by Crippen LogP contribution is -2.27. The Morgan fingerprint density at radius 1 is 0.941 bits per heavy atom. The van der Waals surface area contributed by atoms with E-state index in [9.17, 15) is 9.59 Å². The van der Waals surface area contributed by atoms with Crippen molar-refractivity contribution in [3.05, 3.63) is 87.4 Å². The highest BCUT2D eigenvalue weighted by Crippen LogP contribution is 2.49. The average molecular weight is 490 g/mol. The summed E-state index contributed by atoms with van der Waals surface area (Å²) in [5, 5.41) is 7.22. The molecule has 34 heavy (non-hydrogen) atoms. The SMILES string of the molecule is Cc1cc(C)c(NC(=O)c2ccc3nc(NC(=O)C4(c5ccc(Cl)cc5)CC4)sc3c2)c(C)c1. The van der Waals surface area contributed by atoms with Crippen molar-refractivity contribution in [2.45, 2.75) is 39.0 Å². The minimum absolute atomic E-state index is 0.0582. The topological polar surface area (TPSA) is 71.1 Å². The Balaban J connectivity index is 1.34. The van der Waals surface area contributed by atoms with E-state index < -0.39 is 5.41 Å². The number of amides is 2. The smallest absolute Gasteiger partial charge is 0.255 e. The van der Waals surface area contributed by atoms with Gasteiger partial charge < -0.3 is 10.6 Å². The molecule has 0 atom stereocenters. The molecule has 2 amide bonds. The van der Waals surface area contributed by atoms with Crippen LogP contribution in [0.4, 0.5) is 10.8 Å². The molecule has 4 aromatic rings. The minimum atomic E-state index is -0.517. The summed E-state index contributed by atoms with van der Waals surface area (Å²) in [4.78, 5) is 30.6. The summed E-state index contributed by atoms with van der Waals surface area (Å²) in [5.74, 6) is -0.229. The molecule has 0 spiro atoms. The molecule has 3 aromatic carbocycles. The number of hydrogen-bond donors (Lipinski definition) is 2. The summed E-state index contributed by atoms with van der Waals surface area (Å²) >= 11 is 7.37. The monoisotopic (exact) mass is 489 g/mol. The number of aromatic nitrogens is 1. The molecule has 0 radical (unpaired) electrons. The number of nitrogens with one attached hydrogen (secondary N) is 2. The minimum Gasteiger partial charge on any atom is -0.322 e. The van der Waals surface area contributed by atoms with Gasteiger partial charge in [0.2, 0.25) is 5.91 Å². The molecule has 2 N–H and O–H groups in total. The molecule has 1 aliphatic carbocycles. The Morgan fingerprint density at radius 3 is 2.26 bits per heavy atom. The normalized spacial score (nSPS) is 14.1. The lowest BCUT2D eigenvalue weighted by molar-refractivity contribution is -0.118. The van der Waals surface area contributed by atoms with Crippen LogP contribution >= 0.6 is 22.9 Å². The van der Waals surface area contributed by atoms with Gasteiger partial charge in [0.05, 0.1) is 15.6 Å². The molecule has 1 heterocycles. The first-order valence-corrected chi connectivity index (χ1v) is 12.3. The van der Waals surface area contributed by atoms with E-state index in [1.54, 1.807) is 6.07 Å². The predicted octanol–water partition coefficient (Wildman–Crippen LogP) is 6.80. The molecule has 5 nitrogen and oxygen atoms in total. The highest BCUT2D eigenvalue weighted by atomic mass is 35.5. The molecule has 0 aliphatic heterocycles. The van der Waals surface area contributed by atoms with Crippen molar-refractivity contribution >= 4 is 55.8 Å². The van der Waals surface area contributed by atoms with Crippen LogP contribution in [0.2, 0.25) is 5.02 Å². The molecular weight excluding hydrogens is 466 g/mol. The first kappa shape index (κ1) is 22.6. The summed E-state index contributed by atoms with van der Waals surface area (Å²) in [6.07, 6.45) is 1.60. The van der Waals surface area contributed by atoms with Gasteiger partial charge in [-0.2, -0.15) is 0 Å². The predicted molar refractivity (Wildman–Crippen MR) is 139 cm³/mol. The van der Waals surface area contributed by atoms with Crippen LogP contribution in [0, 0.1) is 20.8 Å². The van der Waals surface area contributed by atoms with Crippen molar-refractivity contribution < 1.29 is 9.59 Å². The summed E-state index contributed by atoms with van der Waals surface area (Å²) < 4.78 is 0.844. The third kappa shape index (κ3) is 4.19. The van der Waals surface area contributed by atoms with Crippen LogP contribution in [0.5, 0.6) is 0 Å². The highest BCUT2D eigenvalue weighted by Gasteiger charge is 2.51. The van der Waals surface area contributed by atoms with E-state index in [0.29, 0.717) is 15.7 Å². The van der Waals surface area contributed by atoms with E-state index in [0.717, 1.165) is 51.0 Å². The maximum atomic E-state index is 13.1. The Kier molecular flexibility index (Phi) is 5.66. The fraction of sp³-hybridized carbons (Fsp3) is 0.222. The Labute approximate surface area is 207 Å². The fourth-order valence-electron chi connectivity index (χ4n) is 4.44. The van der Waals surface area contributed by atoms with Crippen molar-refractivity contribution in [3.63, 3.8) is 0 Å². The molecule has 0 unspecified atom stereocenters. The molecule has 1 saturated carbocycles. The van der Waals surface area contributed by atoms with E-state index in [4.69, 9.17) is 11.6 Å². The lowest BCUT2D eigenvalue weighted by Gasteiger charge is -2.14. The number of rotatable bonds is 5. The average Bonchev–Trinajstić information content (AvgIpc) is 3.50. The fourth-order valence-corrected chi connectivity index (χ4v) is 5.47. The van der Waals surface area contributed by atoms with Gasteiger partial charge in [0.15, 0.2) is 5.13 Å². The van der Waals surface area contributed by atoms with Crippen LogP contribution in [0.25, 0.3) is 10.2 Å². The van der Waals surface area contributed by atoms with Gasteiger partial charge in [-0.25, -0.2) is 4.98 Å². The van der Waals surface area contributed by atoms with E-state index >= 15 is 0 Å². The maximum absolute atomic E-state index is 13.1. The molecule has 5 rings (SSSR count). The van der Waals surface area contributed by atoms with Gasteiger partial charge in [0.1, 0.15) is 0 Å². The number of fused-ring (bicyclic) bond motifs is 1. The second-order valence-electron chi connectivity index (χ2n) is 8.97. The molecular formula is C27H24ClN3O2S. The summed E-state index contributed by atoms with van der Waals surface area (Å²) in [6.45, 7) is 6.03. The third-order valence-corrected chi connectivity index (χ3v) is 7.55. The zero-order chi connectivity index (χ0) is 24.0. The number of carbonyl (C=O) groups is 2. The molecule has 172 valence electrons. The van der Waals surface area contributed by atoms with Crippen LogP contribution in [-0.2, 0) is 10.2 Å². The van der Waals surface area contributed by atoms with E-state index in [-0.39, 0.29) is 11.8 Å². The van der Waals surface area contributed by atoms with Crippen molar-refractivity contribution in [1.29, 1.82) is 0 Å². The molecule has 1 aliphatic rings. The number of halogens is 1. The number of hydrogen-bond acceptors (Lipinski definition) is 4. The second-order valence-corrected chi connectivity index (χ2v) is 10.4. The van der Waals surface area contributed by atoms with Gasteiger partial charge in [0.25, 0.3) is 5.91 Å². The molecule has 1 aromatic heterocycles. The number of nitrogens with zero attached hydrogens (tertiary/aromatic N) is 1. The van der Waals surface area contributed by atoms with Gasteiger partial charge >= 0.3 is 0 Å². The van der Waals surface area contributed by atoms with Crippen LogP contribution in [0.15, 0.2) is 54.6 Å². The van der Waals surface area contributed by atoms with Gasteiger partial charge in [-0.3, -0.25) is 9.59 Å². The summed E-state index contributed by atoms with van der Waals surface area (Å²) in [6, 6.07) is 17.0. The van der Waals surface area contributed by atoms with Gasteiger partial charge in [-0.05, 0) is 80.6 Å². The number of anilines is 2. The van der Waals surface area contributed by atoms with E-state index in [1.807, 2.05) is 57.2 Å². The van der Waals surface area contributed by atoms with Crippen molar-refractivity contribution in [2.24, 2.45) is 0 Å². The van der Waals surface area contributed by atoms with Crippen LogP contribution in [0.1, 0.15) is 45.5 Å². The van der Waals surface area contributed by atoms with Gasteiger partial charge in [0, 0.05) is 16.3 Å². The highest BCUT2D eigenvalue weighted by molar-refractivity contribution is 7.22. The number of aryl methyl sites for hydroxylation is 3. The largest absolute Gasteiger partial charge is 0.322 e. The number of benzene rings is 3. The molecule has 7 heteroatoms. The Hall–Kier alpha value is -3.22. The number of carbonyl (C=O) groups excluding carboxylic acids is 2. The number of thiazole rings is 1. The van der Waals surface area contributed by atoms with Crippen LogP contribution < -0.4 is 10.6 Å². The zero-order valence-corrected chi connectivity index (χ0v) is 20.7. The van der Waals surface area contributed by atoms with Gasteiger partial charge in [-0.1, -0.05) is 52.8 Å². The Morgan fingerprint density at radius 2 is 1.62 bits per heavy atom. The van der Waals surface area contributed by atoms with Crippen molar-refractivity contribution in [3.8, 4) is 0 Å². The Bertz CT molecular complexity index is 1420. The van der Waals surface area contributed by atoms with Crippen LogP contribution in [-0.4, -0.2) is 16.8 Å². The molecule has 0 saturated heterocycles. The lowest BCUT2D eigenvalue weighted by atomic mass is 9.95. The summed E-state index contributed by atoms with van der Waals surface area (Å²) in [7, 11) is 0. The van der Waals surface area contributed by atoms with Gasteiger partial charge in [-0.15, -0.1) is 0 Å². The zero-order valence-electron chi connectivity index (χ0n) is 19.2. The van der Waals surface area contributed by atoms with E-state index in [2.05, 4.69) is 27.8 Å². The van der Waals surface area contributed by atoms with Crippen molar-refractivity contribution in [1.82, 2.24) is 4.98 Å². The second kappa shape index (κ2) is 8.53. The maximum Gasteiger partial charge on any atom is 0.255 e. The van der Waals surface area contributed by atoms with Crippen LogP contribution in [0.3, 0.4) is 0 Å². The van der Waals surface area contributed by atoms with Crippen molar-refractivity contribution in [2.75, 3.05) is 10.6 Å². The molecule has 1 fully saturated rings. The van der Waals surface area contributed by atoms with E-state index in [1.165, 1.54) is 11.3 Å². The summed E-state index contributed by atoms with van der Waals surface area (Å²) in [5.41, 5.74) is 5.81. The first-order valence-electron chi connectivity index (χ1n) is 11.1. The first-order chi connectivity index (χ1) is 16.2. The standard InChI is InChI=1S/C27H24ClN3O2S/c1-15-12-16(2)23(17(3)13-15)30-24(32)18-4-9-21-22(14-18)34-26(29-21)31-25(33)27(10-11-27)19-5-7-20(28)8-6-19/h4-9,12-14H,10-11H2,1-3H3,(H,30,32)(H,29,31,33). The molecule has 0 bridgehead atoms.